The number of amides is 2. The third-order valence-electron chi connectivity index (χ3n) is 4.50. The molecule has 2 N–H and O–H groups in total. The Bertz CT molecular complexity index is 766. The number of urea groups is 1. The van der Waals surface area contributed by atoms with Crippen molar-refractivity contribution in [3.05, 3.63) is 59.1 Å². The van der Waals surface area contributed by atoms with E-state index in [1.807, 2.05) is 18.2 Å². The van der Waals surface area contributed by atoms with Gasteiger partial charge in [0, 0.05) is 30.3 Å². The highest BCUT2D eigenvalue weighted by atomic mass is 35.5. The van der Waals surface area contributed by atoms with Crippen LogP contribution in [0.15, 0.2) is 48.5 Å². The number of carbonyl (C=O) groups excluding carboxylic acids is 1. The van der Waals surface area contributed by atoms with Crippen LogP contribution in [0.1, 0.15) is 11.6 Å². The maximum atomic E-state index is 12.3. The molecule has 1 aliphatic rings. The average Bonchev–Trinajstić information content (AvgIpc) is 2.69. The van der Waals surface area contributed by atoms with Gasteiger partial charge in [-0.15, -0.1) is 0 Å². The quantitative estimate of drug-likeness (QED) is 0.793. The van der Waals surface area contributed by atoms with Gasteiger partial charge in [0.1, 0.15) is 5.75 Å². The van der Waals surface area contributed by atoms with E-state index in [0.717, 1.165) is 24.4 Å². The number of nitrogens with zero attached hydrogens (tertiary/aromatic N) is 1. The van der Waals surface area contributed by atoms with E-state index in [4.69, 9.17) is 21.1 Å². The van der Waals surface area contributed by atoms with E-state index in [1.165, 1.54) is 0 Å². The molecule has 27 heavy (non-hydrogen) atoms. The summed E-state index contributed by atoms with van der Waals surface area (Å²) >= 11 is 5.96. The minimum atomic E-state index is -0.265. The molecule has 3 rings (SSSR count). The van der Waals surface area contributed by atoms with Gasteiger partial charge in [-0.25, -0.2) is 4.79 Å². The number of benzene rings is 2. The minimum absolute atomic E-state index is 0.0362. The molecule has 2 aromatic carbocycles. The van der Waals surface area contributed by atoms with Gasteiger partial charge in [-0.1, -0.05) is 29.8 Å². The Balaban J connectivity index is 1.68. The maximum Gasteiger partial charge on any atom is 0.319 e. The summed E-state index contributed by atoms with van der Waals surface area (Å²) in [5.74, 6) is 0.800. The molecule has 7 heteroatoms. The molecule has 0 unspecified atom stereocenters. The first-order chi connectivity index (χ1) is 13.2. The zero-order chi connectivity index (χ0) is 19.1. The first-order valence-corrected chi connectivity index (χ1v) is 9.29. The third kappa shape index (κ3) is 5.60. The molecule has 1 saturated heterocycles. The highest BCUT2D eigenvalue weighted by molar-refractivity contribution is 6.30. The van der Waals surface area contributed by atoms with Crippen LogP contribution in [0.5, 0.6) is 5.75 Å². The standard InChI is InChI=1S/C20H24ClN3O3/c1-26-18-7-2-4-15(12-18)19(24-8-10-27-11-9-24)14-22-20(25)23-17-6-3-5-16(21)13-17/h2-7,12-13,19H,8-11,14H2,1H3,(H2,22,23,25)/t19-/m0/s1. The van der Waals surface area contributed by atoms with Crippen LogP contribution in [0.25, 0.3) is 0 Å². The first-order valence-electron chi connectivity index (χ1n) is 8.92. The van der Waals surface area contributed by atoms with E-state index >= 15 is 0 Å². The molecule has 144 valence electrons. The van der Waals surface area contributed by atoms with Crippen molar-refractivity contribution in [1.82, 2.24) is 10.2 Å². The Morgan fingerprint density at radius 1 is 1.22 bits per heavy atom. The van der Waals surface area contributed by atoms with Crippen molar-refractivity contribution in [1.29, 1.82) is 0 Å². The Labute approximate surface area is 164 Å². The second-order valence-corrected chi connectivity index (χ2v) is 6.72. The van der Waals surface area contributed by atoms with Gasteiger partial charge in [0.2, 0.25) is 0 Å². The van der Waals surface area contributed by atoms with Crippen molar-refractivity contribution in [2.75, 3.05) is 45.3 Å². The smallest absolute Gasteiger partial charge is 0.319 e. The molecular formula is C20H24ClN3O3. The fraction of sp³-hybridized carbons (Fsp3) is 0.350. The van der Waals surface area contributed by atoms with E-state index in [2.05, 4.69) is 21.6 Å². The summed E-state index contributed by atoms with van der Waals surface area (Å²) in [5.41, 5.74) is 1.75. The van der Waals surface area contributed by atoms with Gasteiger partial charge in [-0.05, 0) is 35.9 Å². The summed E-state index contributed by atoms with van der Waals surface area (Å²) in [6, 6.07) is 14.8. The van der Waals surface area contributed by atoms with Crippen molar-refractivity contribution in [3.63, 3.8) is 0 Å². The lowest BCUT2D eigenvalue weighted by Gasteiger charge is -2.35. The molecule has 1 aliphatic heterocycles. The highest BCUT2D eigenvalue weighted by Gasteiger charge is 2.23. The summed E-state index contributed by atoms with van der Waals surface area (Å²) < 4.78 is 10.8. The van der Waals surface area contributed by atoms with Crippen LogP contribution >= 0.6 is 11.6 Å². The number of ether oxygens (including phenoxy) is 2. The van der Waals surface area contributed by atoms with Crippen LogP contribution in [0.3, 0.4) is 0 Å². The minimum Gasteiger partial charge on any atom is -0.497 e. The largest absolute Gasteiger partial charge is 0.497 e. The molecule has 1 atom stereocenters. The number of hydrogen-bond acceptors (Lipinski definition) is 4. The fourth-order valence-corrected chi connectivity index (χ4v) is 3.32. The van der Waals surface area contributed by atoms with E-state index in [9.17, 15) is 4.79 Å². The predicted molar refractivity (Wildman–Crippen MR) is 107 cm³/mol. The first kappa shape index (κ1) is 19.5. The van der Waals surface area contributed by atoms with Gasteiger partial charge >= 0.3 is 6.03 Å². The summed E-state index contributed by atoms with van der Waals surface area (Å²) in [4.78, 5) is 14.6. The summed E-state index contributed by atoms with van der Waals surface area (Å²) in [7, 11) is 1.65. The van der Waals surface area contributed by atoms with Crippen LogP contribution < -0.4 is 15.4 Å². The summed E-state index contributed by atoms with van der Waals surface area (Å²) in [6.07, 6.45) is 0. The van der Waals surface area contributed by atoms with Crippen molar-refractivity contribution >= 4 is 23.3 Å². The molecule has 0 radical (unpaired) electrons. The van der Waals surface area contributed by atoms with Crippen molar-refractivity contribution in [2.24, 2.45) is 0 Å². The Kier molecular flexibility index (Phi) is 6.92. The predicted octanol–water partition coefficient (Wildman–Crippen LogP) is 3.54. The Morgan fingerprint density at radius 2 is 2.00 bits per heavy atom. The number of morpholine rings is 1. The maximum absolute atomic E-state index is 12.3. The Morgan fingerprint density at radius 3 is 2.74 bits per heavy atom. The molecule has 1 fully saturated rings. The summed E-state index contributed by atoms with van der Waals surface area (Å²) in [6.45, 7) is 3.49. The second kappa shape index (κ2) is 9.60. The van der Waals surface area contributed by atoms with E-state index < -0.39 is 0 Å². The SMILES string of the molecule is COc1cccc([C@H](CNC(=O)Nc2cccc(Cl)c2)N2CCOCC2)c1. The number of carbonyl (C=O) groups is 1. The molecule has 2 aromatic rings. The van der Waals surface area contributed by atoms with Gasteiger partial charge in [0.15, 0.2) is 0 Å². The van der Waals surface area contributed by atoms with Crippen LogP contribution in [0, 0.1) is 0 Å². The topological polar surface area (TPSA) is 62.8 Å². The summed E-state index contributed by atoms with van der Waals surface area (Å²) in [5, 5.41) is 6.36. The van der Waals surface area contributed by atoms with Crippen LogP contribution in [0.2, 0.25) is 5.02 Å². The van der Waals surface area contributed by atoms with E-state index in [1.54, 1.807) is 31.4 Å². The van der Waals surface area contributed by atoms with Crippen molar-refractivity contribution in [3.8, 4) is 5.75 Å². The number of halogens is 1. The second-order valence-electron chi connectivity index (χ2n) is 6.29. The normalized spacial score (nSPS) is 15.8. The van der Waals surface area contributed by atoms with Gasteiger partial charge in [-0.2, -0.15) is 0 Å². The zero-order valence-corrected chi connectivity index (χ0v) is 16.0. The molecule has 0 saturated carbocycles. The lowest BCUT2D eigenvalue weighted by molar-refractivity contribution is 0.0167. The van der Waals surface area contributed by atoms with E-state index in [-0.39, 0.29) is 12.1 Å². The molecule has 1 heterocycles. The average molecular weight is 390 g/mol. The van der Waals surface area contributed by atoms with Crippen LogP contribution in [-0.2, 0) is 4.74 Å². The van der Waals surface area contributed by atoms with Gasteiger partial charge in [-0.3, -0.25) is 4.90 Å². The molecule has 0 spiro atoms. The molecule has 6 nitrogen and oxygen atoms in total. The lowest BCUT2D eigenvalue weighted by Crippen LogP contribution is -2.44. The molecule has 2 amide bonds. The Hall–Kier alpha value is -2.28. The zero-order valence-electron chi connectivity index (χ0n) is 15.3. The van der Waals surface area contributed by atoms with Crippen LogP contribution in [-0.4, -0.2) is 50.9 Å². The molecule has 0 aromatic heterocycles. The van der Waals surface area contributed by atoms with Crippen molar-refractivity contribution in [2.45, 2.75) is 6.04 Å². The van der Waals surface area contributed by atoms with Gasteiger partial charge in [0.05, 0.1) is 26.4 Å². The molecular weight excluding hydrogens is 366 g/mol. The number of anilines is 1. The van der Waals surface area contributed by atoms with E-state index in [0.29, 0.717) is 30.5 Å². The van der Waals surface area contributed by atoms with Gasteiger partial charge < -0.3 is 20.1 Å². The monoisotopic (exact) mass is 389 g/mol. The number of rotatable bonds is 6. The molecule has 0 bridgehead atoms. The molecule has 0 aliphatic carbocycles. The lowest BCUT2D eigenvalue weighted by atomic mass is 10.0. The van der Waals surface area contributed by atoms with Crippen LogP contribution in [0.4, 0.5) is 10.5 Å². The highest BCUT2D eigenvalue weighted by Crippen LogP contribution is 2.25. The van der Waals surface area contributed by atoms with Gasteiger partial charge in [0.25, 0.3) is 0 Å². The fourth-order valence-electron chi connectivity index (χ4n) is 3.13. The third-order valence-corrected chi connectivity index (χ3v) is 4.74. The van der Waals surface area contributed by atoms with Crippen molar-refractivity contribution < 1.29 is 14.3 Å². The number of hydrogen-bond donors (Lipinski definition) is 2. The number of nitrogens with one attached hydrogen (secondary N) is 2. The number of methoxy groups -OCH3 is 1.